The zero-order chi connectivity index (χ0) is 22.0. The highest BCUT2D eigenvalue weighted by Gasteiger charge is 2.43. The fourth-order valence-electron chi connectivity index (χ4n) is 6.67. The Kier molecular flexibility index (Phi) is 6.94. The first-order valence-electron chi connectivity index (χ1n) is 12.1. The molecule has 0 heterocycles. The zero-order valence-corrected chi connectivity index (χ0v) is 18.4. The maximum Gasteiger partial charge on any atom is 0.314 e. The molecule has 1 aromatic carbocycles. The molecule has 3 aliphatic carbocycles. The lowest BCUT2D eigenvalue weighted by molar-refractivity contribution is -0.144. The molecule has 0 saturated heterocycles. The molecule has 0 aromatic heterocycles. The second-order valence-corrected chi connectivity index (χ2v) is 10.00. The molecule has 5 heteroatoms. The average Bonchev–Trinajstić information content (AvgIpc) is 2.81. The normalized spacial score (nSPS) is 33.2. The van der Waals surface area contributed by atoms with E-state index in [1.165, 1.54) is 51.0 Å². The third-order valence-corrected chi connectivity index (χ3v) is 8.50. The van der Waals surface area contributed by atoms with E-state index in [0.717, 1.165) is 49.5 Å². The summed E-state index contributed by atoms with van der Waals surface area (Å²) >= 11 is 0. The van der Waals surface area contributed by atoms with Crippen LogP contribution in [0.5, 0.6) is 5.75 Å². The number of carbonyl (C=O) groups excluding carboxylic acids is 1. The summed E-state index contributed by atoms with van der Waals surface area (Å²) in [5, 5.41) is 8.83. The highest BCUT2D eigenvalue weighted by Crippen LogP contribution is 2.50. The molecule has 0 spiro atoms. The van der Waals surface area contributed by atoms with Gasteiger partial charge in [-0.1, -0.05) is 39.0 Å². The maximum absolute atomic E-state index is 14.2. The largest absolute Gasteiger partial charge is 0.423 e. The van der Waals surface area contributed by atoms with Gasteiger partial charge in [-0.2, -0.15) is 9.65 Å². The number of nitrogens with zero attached hydrogens (tertiary/aromatic N) is 1. The molecule has 3 nitrogen and oxygen atoms in total. The van der Waals surface area contributed by atoms with Gasteiger partial charge in [0.05, 0.1) is 11.5 Å². The van der Waals surface area contributed by atoms with Gasteiger partial charge < -0.3 is 4.74 Å². The number of nitriles is 1. The van der Waals surface area contributed by atoms with E-state index >= 15 is 0 Å². The van der Waals surface area contributed by atoms with E-state index in [-0.39, 0.29) is 17.4 Å². The Balaban J connectivity index is 1.39. The van der Waals surface area contributed by atoms with Crippen LogP contribution in [0.1, 0.15) is 83.1 Å². The van der Waals surface area contributed by atoms with Gasteiger partial charge in [-0.05, 0) is 80.2 Å². The molecule has 168 valence electrons. The van der Waals surface area contributed by atoms with E-state index in [9.17, 15) is 13.6 Å². The summed E-state index contributed by atoms with van der Waals surface area (Å²) in [7, 11) is 0. The van der Waals surface area contributed by atoms with E-state index in [1.54, 1.807) is 6.07 Å². The quantitative estimate of drug-likeness (QED) is 0.391. The van der Waals surface area contributed by atoms with Gasteiger partial charge in [-0.15, -0.1) is 0 Å². The number of esters is 1. The van der Waals surface area contributed by atoms with Crippen molar-refractivity contribution in [3.8, 4) is 11.8 Å². The lowest BCUT2D eigenvalue weighted by Crippen LogP contribution is -2.40. The zero-order valence-electron chi connectivity index (χ0n) is 18.4. The second-order valence-electron chi connectivity index (χ2n) is 10.00. The Morgan fingerprint density at radius 2 is 1.74 bits per heavy atom. The Morgan fingerprint density at radius 1 is 1.00 bits per heavy atom. The van der Waals surface area contributed by atoms with Crippen LogP contribution in [-0.4, -0.2) is 5.97 Å². The smallest absolute Gasteiger partial charge is 0.314 e. The third-order valence-electron chi connectivity index (χ3n) is 8.50. The van der Waals surface area contributed by atoms with Crippen molar-refractivity contribution < 1.29 is 18.3 Å². The summed E-state index contributed by atoms with van der Waals surface area (Å²) in [6, 6.07) is 3.93. The number of ether oxygens (including phenoxy) is 1. The standard InChI is InChI=1S/C26H33F2NO2/c1-2-16-6-8-17(9-7-16)18-10-12-21-19(14-18)4-3-5-22(21)26(30)31-23-13-11-20(15-29)24(27)25(23)28/h11,13,16-19,21-22H,2-10,12,14H2,1H3. The lowest BCUT2D eigenvalue weighted by Gasteiger charge is -2.46. The van der Waals surface area contributed by atoms with Crippen LogP contribution < -0.4 is 4.74 Å². The molecule has 0 N–H and O–H groups in total. The highest BCUT2D eigenvalue weighted by atomic mass is 19.2. The summed E-state index contributed by atoms with van der Waals surface area (Å²) in [6.07, 6.45) is 13.1. The number of rotatable bonds is 4. The molecule has 1 aromatic rings. The van der Waals surface area contributed by atoms with Gasteiger partial charge in [0.25, 0.3) is 0 Å². The third kappa shape index (κ3) is 4.64. The average molecular weight is 430 g/mol. The van der Waals surface area contributed by atoms with Gasteiger partial charge in [0, 0.05) is 0 Å². The van der Waals surface area contributed by atoms with Crippen molar-refractivity contribution in [3.63, 3.8) is 0 Å². The van der Waals surface area contributed by atoms with E-state index in [1.807, 2.05) is 0 Å². The van der Waals surface area contributed by atoms with Crippen molar-refractivity contribution in [2.75, 3.05) is 0 Å². The van der Waals surface area contributed by atoms with E-state index in [2.05, 4.69) is 6.92 Å². The van der Waals surface area contributed by atoms with Gasteiger partial charge in [-0.25, -0.2) is 4.39 Å². The molecule has 31 heavy (non-hydrogen) atoms. The van der Waals surface area contributed by atoms with Crippen molar-refractivity contribution in [3.05, 3.63) is 29.3 Å². The minimum atomic E-state index is -1.26. The molecule has 3 fully saturated rings. The molecule has 0 aliphatic heterocycles. The number of carbonyl (C=O) groups is 1. The molecule has 3 saturated carbocycles. The molecule has 0 radical (unpaired) electrons. The molecule has 4 atom stereocenters. The SMILES string of the molecule is CCC1CCC(C2CCC3C(CCCC3C(=O)Oc3ccc(C#N)c(F)c3F)C2)CC1. The number of halogens is 2. The fourth-order valence-corrected chi connectivity index (χ4v) is 6.67. The van der Waals surface area contributed by atoms with Gasteiger partial charge in [0.2, 0.25) is 5.82 Å². The molecule has 3 aliphatic rings. The first-order valence-corrected chi connectivity index (χ1v) is 12.1. The minimum absolute atomic E-state index is 0.242. The van der Waals surface area contributed by atoms with Crippen molar-refractivity contribution in [1.29, 1.82) is 5.26 Å². The molecule has 4 rings (SSSR count). The molecule has 4 unspecified atom stereocenters. The predicted octanol–water partition coefficient (Wildman–Crippen LogP) is 6.79. The summed E-state index contributed by atoms with van der Waals surface area (Å²) in [6.45, 7) is 2.30. The Hall–Kier alpha value is -1.96. The monoisotopic (exact) mass is 429 g/mol. The lowest BCUT2D eigenvalue weighted by atomic mass is 9.59. The summed E-state index contributed by atoms with van der Waals surface area (Å²) in [5.41, 5.74) is -0.388. The van der Waals surface area contributed by atoms with Crippen LogP contribution in [0.4, 0.5) is 8.78 Å². The second kappa shape index (κ2) is 9.67. The summed E-state index contributed by atoms with van der Waals surface area (Å²) in [5.74, 6) is -0.260. The van der Waals surface area contributed by atoms with Crippen molar-refractivity contribution in [2.24, 2.45) is 35.5 Å². The summed E-state index contributed by atoms with van der Waals surface area (Å²) < 4.78 is 33.4. The molecule has 0 amide bonds. The highest BCUT2D eigenvalue weighted by molar-refractivity contribution is 5.75. The van der Waals surface area contributed by atoms with Crippen LogP contribution in [0, 0.1) is 58.5 Å². The van der Waals surface area contributed by atoms with Crippen LogP contribution in [0.3, 0.4) is 0 Å². The van der Waals surface area contributed by atoms with Gasteiger partial charge in [0.15, 0.2) is 11.6 Å². The van der Waals surface area contributed by atoms with Crippen molar-refractivity contribution >= 4 is 5.97 Å². The van der Waals surface area contributed by atoms with E-state index in [4.69, 9.17) is 10.00 Å². The van der Waals surface area contributed by atoms with Crippen LogP contribution in [0.25, 0.3) is 0 Å². The van der Waals surface area contributed by atoms with Crippen molar-refractivity contribution in [2.45, 2.75) is 77.6 Å². The molecular formula is C26H33F2NO2. The number of hydrogen-bond donors (Lipinski definition) is 0. The predicted molar refractivity (Wildman–Crippen MR) is 114 cm³/mol. The van der Waals surface area contributed by atoms with Gasteiger partial charge in [0.1, 0.15) is 6.07 Å². The Morgan fingerprint density at radius 3 is 2.45 bits per heavy atom. The number of hydrogen-bond acceptors (Lipinski definition) is 3. The van der Waals surface area contributed by atoms with Crippen LogP contribution in [0.2, 0.25) is 0 Å². The first kappa shape index (κ1) is 22.2. The summed E-state index contributed by atoms with van der Waals surface area (Å²) in [4.78, 5) is 12.9. The van der Waals surface area contributed by atoms with Gasteiger partial charge in [-0.3, -0.25) is 4.79 Å². The van der Waals surface area contributed by atoms with Crippen molar-refractivity contribution in [1.82, 2.24) is 0 Å². The first-order chi connectivity index (χ1) is 15.0. The Bertz CT molecular complexity index is 841. The molecular weight excluding hydrogens is 396 g/mol. The van der Waals surface area contributed by atoms with Gasteiger partial charge >= 0.3 is 5.97 Å². The van der Waals surface area contributed by atoms with E-state index in [0.29, 0.717) is 5.92 Å². The van der Waals surface area contributed by atoms with Crippen LogP contribution in [0.15, 0.2) is 12.1 Å². The molecule has 0 bridgehead atoms. The fraction of sp³-hybridized carbons (Fsp3) is 0.692. The number of fused-ring (bicyclic) bond motifs is 1. The van der Waals surface area contributed by atoms with Crippen LogP contribution >= 0.6 is 0 Å². The minimum Gasteiger partial charge on any atom is -0.423 e. The topological polar surface area (TPSA) is 50.1 Å². The van der Waals surface area contributed by atoms with E-state index < -0.39 is 23.4 Å². The number of benzene rings is 1. The maximum atomic E-state index is 14.2. The Labute approximate surface area is 184 Å². The van der Waals surface area contributed by atoms with Crippen LogP contribution in [-0.2, 0) is 4.79 Å².